The molecule has 2 atom stereocenters. The minimum absolute atomic E-state index is 0.0829. The number of unbranched alkanes of at least 4 members (excludes halogenated alkanes) is 1. The number of carbonyl (C=O) groups excluding carboxylic acids is 1. The molecule has 2 rings (SSSR count). The molecule has 1 saturated carbocycles. The maximum atomic E-state index is 12.1. The molecule has 0 aromatic carbocycles. The third-order valence-corrected chi connectivity index (χ3v) is 3.69. The van der Waals surface area contributed by atoms with Gasteiger partial charge in [-0.2, -0.15) is 5.10 Å². The number of nitrogens with one attached hydrogen (secondary N) is 1. The molecule has 16 heavy (non-hydrogen) atoms. The fourth-order valence-electron chi connectivity index (χ4n) is 2.93. The van der Waals surface area contributed by atoms with Crippen molar-refractivity contribution in [2.24, 2.45) is 16.4 Å². The van der Waals surface area contributed by atoms with Crippen molar-refractivity contribution in [1.82, 2.24) is 5.43 Å². The molecule has 0 unspecified atom stereocenters. The highest BCUT2D eigenvalue weighted by Crippen LogP contribution is 2.39. The molecule has 1 fully saturated rings. The first kappa shape index (κ1) is 11.6. The zero-order chi connectivity index (χ0) is 11.8. The number of nitrogens with zero attached hydrogens (tertiary/aromatic N) is 1. The normalized spacial score (nSPS) is 31.9. The van der Waals surface area contributed by atoms with Crippen molar-refractivity contribution in [1.29, 1.82) is 0 Å². The van der Waals surface area contributed by atoms with Crippen LogP contribution in [0, 0.1) is 11.3 Å². The van der Waals surface area contributed by atoms with E-state index in [-0.39, 0.29) is 17.4 Å². The zero-order valence-electron chi connectivity index (χ0n) is 10.5. The smallest absolute Gasteiger partial charge is 0.144 e. The molecule has 3 heteroatoms. The van der Waals surface area contributed by atoms with E-state index < -0.39 is 0 Å². The summed E-state index contributed by atoms with van der Waals surface area (Å²) in [6.45, 7) is 6.52. The number of Topliss-reactive ketones (excluding diaryl/α,β-unsaturated/α-hetero) is 1. The Bertz CT molecular complexity index is 320. The van der Waals surface area contributed by atoms with E-state index in [1.165, 1.54) is 0 Å². The molecule has 0 aromatic rings. The summed E-state index contributed by atoms with van der Waals surface area (Å²) in [6.07, 6.45) is 5.05. The van der Waals surface area contributed by atoms with Gasteiger partial charge in [-0.05, 0) is 24.7 Å². The fraction of sp³-hybridized carbons (Fsp3) is 0.846. The maximum Gasteiger partial charge on any atom is 0.144 e. The molecule has 1 aliphatic heterocycles. The second-order valence-electron chi connectivity index (χ2n) is 5.93. The van der Waals surface area contributed by atoms with Crippen molar-refractivity contribution >= 4 is 11.5 Å². The molecule has 3 nitrogen and oxygen atoms in total. The third kappa shape index (κ3) is 2.13. The number of hydrogen-bond donors (Lipinski definition) is 1. The highest BCUT2D eigenvalue weighted by Gasteiger charge is 2.45. The highest BCUT2D eigenvalue weighted by molar-refractivity contribution is 6.07. The van der Waals surface area contributed by atoms with Crippen LogP contribution in [0.5, 0.6) is 0 Å². The van der Waals surface area contributed by atoms with E-state index in [0.29, 0.717) is 12.2 Å². The summed E-state index contributed by atoms with van der Waals surface area (Å²) in [7, 11) is 0. The van der Waals surface area contributed by atoms with Crippen LogP contribution in [0.2, 0.25) is 0 Å². The van der Waals surface area contributed by atoms with E-state index in [0.717, 1.165) is 31.4 Å². The first-order chi connectivity index (χ1) is 7.53. The molecule has 0 aromatic heterocycles. The summed E-state index contributed by atoms with van der Waals surface area (Å²) in [5.74, 6) is 0.473. The van der Waals surface area contributed by atoms with Crippen molar-refractivity contribution < 1.29 is 4.79 Å². The molecule has 0 saturated heterocycles. The van der Waals surface area contributed by atoms with E-state index in [1.54, 1.807) is 0 Å². The fourth-order valence-corrected chi connectivity index (χ4v) is 2.93. The minimum atomic E-state index is 0.0829. The molecule has 90 valence electrons. The van der Waals surface area contributed by atoms with Crippen LogP contribution in [0.4, 0.5) is 0 Å². The monoisotopic (exact) mass is 222 g/mol. The number of hydrazone groups is 1. The topological polar surface area (TPSA) is 41.5 Å². The summed E-state index contributed by atoms with van der Waals surface area (Å²) < 4.78 is 0. The Balaban J connectivity index is 2.06. The molecular formula is C13H22N2O. The summed E-state index contributed by atoms with van der Waals surface area (Å²) >= 11 is 0. The van der Waals surface area contributed by atoms with Gasteiger partial charge < -0.3 is 5.43 Å². The lowest BCUT2D eigenvalue weighted by Crippen LogP contribution is -2.45. The van der Waals surface area contributed by atoms with Gasteiger partial charge in [0.2, 0.25) is 0 Å². The average Bonchev–Trinajstić information content (AvgIpc) is 2.56. The molecule has 2 aliphatic rings. The number of carbonyl (C=O) groups is 1. The van der Waals surface area contributed by atoms with Crippen molar-refractivity contribution in [2.45, 2.75) is 58.9 Å². The Morgan fingerprint density at radius 1 is 1.50 bits per heavy atom. The van der Waals surface area contributed by atoms with E-state index >= 15 is 0 Å². The predicted molar refractivity (Wildman–Crippen MR) is 65.4 cm³/mol. The Morgan fingerprint density at radius 3 is 2.94 bits per heavy atom. The van der Waals surface area contributed by atoms with Crippen LogP contribution in [0.25, 0.3) is 0 Å². The van der Waals surface area contributed by atoms with Crippen LogP contribution in [0.3, 0.4) is 0 Å². The lowest BCUT2D eigenvalue weighted by Gasteiger charge is -2.36. The number of ketones is 1. The second kappa shape index (κ2) is 4.19. The van der Waals surface area contributed by atoms with E-state index in [4.69, 9.17) is 0 Å². The Morgan fingerprint density at radius 2 is 2.25 bits per heavy atom. The molecule has 1 aliphatic carbocycles. The van der Waals surface area contributed by atoms with Gasteiger partial charge >= 0.3 is 0 Å². The van der Waals surface area contributed by atoms with Gasteiger partial charge in [0.05, 0.1) is 17.7 Å². The van der Waals surface area contributed by atoms with E-state index in [1.807, 2.05) is 0 Å². The molecule has 0 radical (unpaired) electrons. The standard InChI is InChI=1S/C13H22N2O/c1-4-5-6-9-12-10(15-14-9)7-13(2,3)8-11(12)16/h10,12,15H,4-8H2,1-3H3/t10-,12-/m1/s1. The maximum absolute atomic E-state index is 12.1. The SMILES string of the molecule is CCCCC1=NN[C@@H]2CC(C)(C)CC(=O)[C@H]12. The van der Waals surface area contributed by atoms with Gasteiger partial charge in [-0.15, -0.1) is 0 Å². The minimum Gasteiger partial charge on any atom is -0.306 e. The largest absolute Gasteiger partial charge is 0.306 e. The van der Waals surface area contributed by atoms with Crippen LogP contribution in [0.15, 0.2) is 5.10 Å². The van der Waals surface area contributed by atoms with Gasteiger partial charge in [0, 0.05) is 6.42 Å². The summed E-state index contributed by atoms with van der Waals surface area (Å²) in [6, 6.07) is 0.267. The Kier molecular flexibility index (Phi) is 3.04. The summed E-state index contributed by atoms with van der Waals surface area (Å²) in [4.78, 5) is 12.1. The van der Waals surface area contributed by atoms with Gasteiger partial charge in [-0.3, -0.25) is 4.79 Å². The Labute approximate surface area is 97.7 Å². The van der Waals surface area contributed by atoms with Gasteiger partial charge in [-0.25, -0.2) is 0 Å². The summed E-state index contributed by atoms with van der Waals surface area (Å²) in [5, 5.41) is 4.38. The molecule has 1 N–H and O–H groups in total. The Hall–Kier alpha value is -0.860. The number of fused-ring (bicyclic) bond motifs is 1. The van der Waals surface area contributed by atoms with Crippen LogP contribution in [0.1, 0.15) is 52.9 Å². The predicted octanol–water partition coefficient (Wildman–Crippen LogP) is 2.51. The van der Waals surface area contributed by atoms with E-state index in [9.17, 15) is 4.79 Å². The van der Waals surface area contributed by atoms with Gasteiger partial charge in [-0.1, -0.05) is 27.2 Å². The zero-order valence-corrected chi connectivity index (χ0v) is 10.5. The number of rotatable bonds is 3. The van der Waals surface area contributed by atoms with Gasteiger partial charge in [0.25, 0.3) is 0 Å². The third-order valence-electron chi connectivity index (χ3n) is 3.69. The number of hydrogen-bond acceptors (Lipinski definition) is 3. The molecular weight excluding hydrogens is 200 g/mol. The van der Waals surface area contributed by atoms with Crippen molar-refractivity contribution in [3.05, 3.63) is 0 Å². The van der Waals surface area contributed by atoms with Crippen molar-refractivity contribution in [2.75, 3.05) is 0 Å². The van der Waals surface area contributed by atoms with Crippen molar-refractivity contribution in [3.8, 4) is 0 Å². The highest BCUT2D eigenvalue weighted by atomic mass is 16.1. The van der Waals surface area contributed by atoms with Crippen LogP contribution >= 0.6 is 0 Å². The molecule has 1 heterocycles. The first-order valence-corrected chi connectivity index (χ1v) is 6.38. The summed E-state index contributed by atoms with van der Waals surface area (Å²) in [5.41, 5.74) is 4.41. The first-order valence-electron chi connectivity index (χ1n) is 6.38. The van der Waals surface area contributed by atoms with Gasteiger partial charge in [0.15, 0.2) is 0 Å². The van der Waals surface area contributed by atoms with Crippen LogP contribution in [-0.2, 0) is 4.79 Å². The van der Waals surface area contributed by atoms with Crippen molar-refractivity contribution in [3.63, 3.8) is 0 Å². The second-order valence-corrected chi connectivity index (χ2v) is 5.93. The molecule has 0 amide bonds. The lowest BCUT2D eigenvalue weighted by atomic mass is 9.68. The molecule has 0 spiro atoms. The lowest BCUT2D eigenvalue weighted by molar-refractivity contribution is -0.126. The average molecular weight is 222 g/mol. The van der Waals surface area contributed by atoms with Gasteiger partial charge in [0.1, 0.15) is 5.78 Å². The quantitative estimate of drug-likeness (QED) is 0.797. The molecule has 0 bridgehead atoms. The van der Waals surface area contributed by atoms with Crippen LogP contribution in [-0.4, -0.2) is 17.5 Å². The van der Waals surface area contributed by atoms with E-state index in [2.05, 4.69) is 31.3 Å². The van der Waals surface area contributed by atoms with Crippen LogP contribution < -0.4 is 5.43 Å².